The number of thiazole rings is 1. The first-order chi connectivity index (χ1) is 10.3. The van der Waals surface area contributed by atoms with Gasteiger partial charge in [-0.2, -0.15) is 0 Å². The van der Waals surface area contributed by atoms with Gasteiger partial charge in [-0.1, -0.05) is 41.7 Å². The molecular weight excluding hydrogens is 296 g/mol. The van der Waals surface area contributed by atoms with Crippen molar-refractivity contribution in [2.45, 2.75) is 39.7 Å². The molecule has 4 nitrogen and oxygen atoms in total. The number of benzene rings is 1. The quantitative estimate of drug-likeness (QED) is 0.845. The number of esters is 1. The number of aromatic nitrogens is 1. The lowest BCUT2D eigenvalue weighted by molar-refractivity contribution is 0.00742. The van der Waals surface area contributed by atoms with E-state index in [0.29, 0.717) is 10.6 Å². The van der Waals surface area contributed by atoms with Crippen molar-refractivity contribution in [3.8, 4) is 0 Å². The van der Waals surface area contributed by atoms with E-state index in [1.165, 1.54) is 16.9 Å². The van der Waals surface area contributed by atoms with Crippen molar-refractivity contribution in [2.24, 2.45) is 0 Å². The highest BCUT2D eigenvalue weighted by Crippen LogP contribution is 2.25. The van der Waals surface area contributed by atoms with Crippen LogP contribution in [-0.2, 0) is 11.2 Å². The van der Waals surface area contributed by atoms with E-state index in [4.69, 9.17) is 4.74 Å². The maximum absolute atomic E-state index is 12.1. The largest absolute Gasteiger partial charge is 0.456 e. The fourth-order valence-corrected chi connectivity index (χ4v) is 2.81. The van der Waals surface area contributed by atoms with Crippen molar-refractivity contribution in [3.05, 3.63) is 46.5 Å². The smallest absolute Gasteiger partial charge is 0.350 e. The Morgan fingerprint density at radius 2 is 1.95 bits per heavy atom. The Morgan fingerprint density at radius 1 is 1.27 bits per heavy atom. The van der Waals surface area contributed by atoms with Gasteiger partial charge in [-0.05, 0) is 39.7 Å². The van der Waals surface area contributed by atoms with Crippen LogP contribution in [0.25, 0.3) is 0 Å². The lowest BCUT2D eigenvalue weighted by Crippen LogP contribution is -2.23. The van der Waals surface area contributed by atoms with Crippen LogP contribution in [-0.4, -0.2) is 23.1 Å². The molecule has 1 heterocycles. The molecule has 0 radical (unpaired) electrons. The third-order valence-electron chi connectivity index (χ3n) is 2.91. The number of nitrogens with zero attached hydrogens (tertiary/aromatic N) is 1. The Bertz CT molecular complexity index is 630. The van der Waals surface area contributed by atoms with Crippen molar-refractivity contribution in [3.63, 3.8) is 0 Å². The molecule has 118 valence electrons. The molecule has 2 aromatic rings. The van der Waals surface area contributed by atoms with Crippen LogP contribution >= 0.6 is 11.3 Å². The summed E-state index contributed by atoms with van der Waals surface area (Å²) in [5.74, 6) is -0.307. The van der Waals surface area contributed by atoms with Crippen LogP contribution in [0.3, 0.4) is 0 Å². The van der Waals surface area contributed by atoms with Gasteiger partial charge in [0.25, 0.3) is 0 Å². The Kier molecular flexibility index (Phi) is 5.19. The normalized spacial score (nSPS) is 11.3. The molecule has 2 rings (SSSR count). The van der Waals surface area contributed by atoms with Crippen molar-refractivity contribution >= 4 is 22.4 Å². The van der Waals surface area contributed by atoms with E-state index in [1.807, 2.05) is 45.9 Å². The number of carbonyl (C=O) groups is 1. The summed E-state index contributed by atoms with van der Waals surface area (Å²) in [5, 5.41) is 4.03. The molecule has 0 fully saturated rings. The second-order valence-electron chi connectivity index (χ2n) is 6.10. The number of carbonyl (C=O) groups excluding carboxylic acids is 1. The number of aryl methyl sites for hydroxylation is 1. The van der Waals surface area contributed by atoms with E-state index < -0.39 is 5.60 Å². The van der Waals surface area contributed by atoms with E-state index in [9.17, 15) is 4.79 Å². The molecular formula is C17H22N2O2S. The standard InChI is InChI=1S/C17H22N2O2S/c1-12-14(15(20)21-17(2,3)4)22-16(19-12)18-11-10-13-8-6-5-7-9-13/h5-9H,10-11H2,1-4H3,(H,18,19). The first-order valence-corrected chi connectivity index (χ1v) is 8.15. The van der Waals surface area contributed by atoms with Gasteiger partial charge in [0, 0.05) is 6.54 Å². The molecule has 0 atom stereocenters. The van der Waals surface area contributed by atoms with E-state index in [1.54, 1.807) is 0 Å². The number of nitrogens with one attached hydrogen (secondary N) is 1. The Hall–Kier alpha value is -1.88. The van der Waals surface area contributed by atoms with Crippen LogP contribution < -0.4 is 5.32 Å². The Balaban J connectivity index is 1.93. The zero-order chi connectivity index (χ0) is 16.2. The summed E-state index contributed by atoms with van der Waals surface area (Å²) >= 11 is 1.35. The summed E-state index contributed by atoms with van der Waals surface area (Å²) in [4.78, 5) is 17.1. The van der Waals surface area contributed by atoms with E-state index in [-0.39, 0.29) is 5.97 Å². The lowest BCUT2D eigenvalue weighted by Gasteiger charge is -2.18. The zero-order valence-corrected chi connectivity index (χ0v) is 14.3. The van der Waals surface area contributed by atoms with Crippen LogP contribution in [0.15, 0.2) is 30.3 Å². The second kappa shape index (κ2) is 6.92. The predicted octanol–water partition coefficient (Wildman–Crippen LogP) is 4.06. The minimum absolute atomic E-state index is 0.307. The van der Waals surface area contributed by atoms with Gasteiger partial charge in [-0.25, -0.2) is 9.78 Å². The topological polar surface area (TPSA) is 51.2 Å². The van der Waals surface area contributed by atoms with E-state index >= 15 is 0 Å². The summed E-state index contributed by atoms with van der Waals surface area (Å²) < 4.78 is 5.40. The summed E-state index contributed by atoms with van der Waals surface area (Å²) in [6, 6.07) is 10.3. The molecule has 0 aliphatic carbocycles. The molecule has 5 heteroatoms. The summed E-state index contributed by atoms with van der Waals surface area (Å²) in [7, 11) is 0. The molecule has 1 aromatic heterocycles. The van der Waals surface area contributed by atoms with Crippen LogP contribution in [0.4, 0.5) is 5.13 Å². The highest BCUT2D eigenvalue weighted by atomic mass is 32.1. The van der Waals surface area contributed by atoms with Crippen LogP contribution in [0.1, 0.15) is 41.7 Å². The first kappa shape index (κ1) is 16.5. The van der Waals surface area contributed by atoms with Crippen molar-refractivity contribution in [1.82, 2.24) is 4.98 Å². The maximum atomic E-state index is 12.1. The van der Waals surface area contributed by atoms with Crippen molar-refractivity contribution < 1.29 is 9.53 Å². The number of ether oxygens (including phenoxy) is 1. The Labute approximate surface area is 135 Å². The summed E-state index contributed by atoms with van der Waals surface area (Å²) in [6.45, 7) is 8.20. The minimum atomic E-state index is -0.492. The molecule has 0 aliphatic heterocycles. The van der Waals surface area contributed by atoms with Crippen molar-refractivity contribution in [2.75, 3.05) is 11.9 Å². The summed E-state index contributed by atoms with van der Waals surface area (Å²) in [5.41, 5.74) is 1.49. The van der Waals surface area contributed by atoms with Gasteiger partial charge >= 0.3 is 5.97 Å². The molecule has 0 unspecified atom stereocenters. The minimum Gasteiger partial charge on any atom is -0.456 e. The molecule has 1 N–H and O–H groups in total. The number of anilines is 1. The molecule has 0 saturated carbocycles. The monoisotopic (exact) mass is 318 g/mol. The van der Waals surface area contributed by atoms with Crippen LogP contribution in [0.5, 0.6) is 0 Å². The lowest BCUT2D eigenvalue weighted by atomic mass is 10.2. The van der Waals surface area contributed by atoms with Gasteiger partial charge in [0.1, 0.15) is 10.5 Å². The zero-order valence-electron chi connectivity index (χ0n) is 13.5. The van der Waals surface area contributed by atoms with Crippen LogP contribution in [0.2, 0.25) is 0 Å². The third-order valence-corrected chi connectivity index (χ3v) is 4.01. The van der Waals surface area contributed by atoms with Gasteiger partial charge in [0.15, 0.2) is 5.13 Å². The molecule has 0 bridgehead atoms. The Morgan fingerprint density at radius 3 is 2.59 bits per heavy atom. The van der Waals surface area contributed by atoms with Gasteiger partial charge in [-0.3, -0.25) is 0 Å². The van der Waals surface area contributed by atoms with Gasteiger partial charge in [0.05, 0.1) is 5.69 Å². The fraction of sp³-hybridized carbons (Fsp3) is 0.412. The molecule has 22 heavy (non-hydrogen) atoms. The number of rotatable bonds is 5. The third kappa shape index (κ3) is 4.84. The average Bonchev–Trinajstić information content (AvgIpc) is 2.79. The highest BCUT2D eigenvalue weighted by Gasteiger charge is 2.22. The predicted molar refractivity (Wildman–Crippen MR) is 90.7 cm³/mol. The number of hydrogen-bond acceptors (Lipinski definition) is 5. The van der Waals surface area contributed by atoms with Gasteiger partial charge in [0.2, 0.25) is 0 Å². The SMILES string of the molecule is Cc1nc(NCCc2ccccc2)sc1C(=O)OC(C)(C)C. The van der Waals surface area contributed by atoms with Crippen LogP contribution in [0, 0.1) is 6.92 Å². The molecule has 0 saturated heterocycles. The second-order valence-corrected chi connectivity index (χ2v) is 7.10. The van der Waals surface area contributed by atoms with Gasteiger partial charge in [-0.15, -0.1) is 0 Å². The molecule has 0 spiro atoms. The highest BCUT2D eigenvalue weighted by molar-refractivity contribution is 7.17. The average molecular weight is 318 g/mol. The first-order valence-electron chi connectivity index (χ1n) is 7.34. The maximum Gasteiger partial charge on any atom is 0.350 e. The number of hydrogen-bond donors (Lipinski definition) is 1. The van der Waals surface area contributed by atoms with Crippen molar-refractivity contribution in [1.29, 1.82) is 0 Å². The van der Waals surface area contributed by atoms with Gasteiger partial charge < -0.3 is 10.1 Å². The molecule has 0 aliphatic rings. The fourth-order valence-electron chi connectivity index (χ4n) is 1.94. The van der Waals surface area contributed by atoms with E-state index in [2.05, 4.69) is 22.4 Å². The molecule has 1 aromatic carbocycles. The summed E-state index contributed by atoms with van der Waals surface area (Å²) in [6.07, 6.45) is 0.918. The molecule has 0 amide bonds. The van der Waals surface area contributed by atoms with E-state index in [0.717, 1.165) is 18.1 Å².